The molecule has 0 N–H and O–H groups in total. The molecule has 1 heteroatoms. The van der Waals surface area contributed by atoms with E-state index in [4.69, 9.17) is 0 Å². The lowest BCUT2D eigenvalue weighted by atomic mass is 10.0. The first-order valence-corrected chi connectivity index (χ1v) is 9.49. The smallest absolute Gasteiger partial charge is 0.0464 e. The Hall–Kier alpha value is -3.58. The summed E-state index contributed by atoms with van der Waals surface area (Å²) in [4.78, 5) is 2.20. The topological polar surface area (TPSA) is 3.24 Å². The zero-order valence-corrected chi connectivity index (χ0v) is 16.0. The third-order valence-corrected chi connectivity index (χ3v) is 4.83. The molecule has 0 atom stereocenters. The van der Waals surface area contributed by atoms with Crippen LogP contribution in [0.3, 0.4) is 0 Å². The molecule has 1 nitrogen and oxygen atoms in total. The van der Waals surface area contributed by atoms with E-state index in [9.17, 15) is 0 Å². The normalized spacial score (nSPS) is 10.5. The fraction of sp³-hybridized carbons (Fsp3) is 0.0370. The Morgan fingerprint density at radius 2 is 1.04 bits per heavy atom. The molecule has 0 spiro atoms. The molecule has 0 aliphatic rings. The summed E-state index contributed by atoms with van der Waals surface area (Å²) in [6, 6.07) is 38.2. The van der Waals surface area contributed by atoms with E-state index in [2.05, 4.69) is 109 Å². The lowest BCUT2D eigenvalue weighted by molar-refractivity contribution is 1.17. The number of rotatable bonds is 5. The van der Waals surface area contributed by atoms with Gasteiger partial charge in [0.25, 0.3) is 0 Å². The van der Waals surface area contributed by atoms with Gasteiger partial charge in [0.15, 0.2) is 0 Å². The summed E-state index contributed by atoms with van der Waals surface area (Å²) in [6.45, 7) is 6.26. The average Bonchev–Trinajstić information content (AvgIpc) is 2.76. The fourth-order valence-electron chi connectivity index (χ4n) is 3.48. The van der Waals surface area contributed by atoms with Crippen LogP contribution in [-0.2, 0) is 0 Å². The maximum atomic E-state index is 4.22. The number of hydrogen-bond acceptors (Lipinski definition) is 1. The average molecular weight is 361 g/mol. The molecule has 0 saturated heterocycles. The van der Waals surface area contributed by atoms with Gasteiger partial charge in [-0.3, -0.25) is 0 Å². The molecule has 0 aromatic heterocycles. The summed E-state index contributed by atoms with van der Waals surface area (Å²) in [5.41, 5.74) is 8.05. The second-order valence-corrected chi connectivity index (χ2v) is 6.90. The number of hydrogen-bond donors (Lipinski definition) is 0. The minimum absolute atomic E-state index is 0.984. The molecule has 0 aliphatic heterocycles. The van der Waals surface area contributed by atoms with Crippen LogP contribution in [0.2, 0.25) is 0 Å². The molecule has 0 aliphatic carbocycles. The second-order valence-electron chi connectivity index (χ2n) is 6.90. The van der Waals surface area contributed by atoms with Gasteiger partial charge in [0.2, 0.25) is 0 Å². The van der Waals surface area contributed by atoms with Crippen molar-refractivity contribution in [2.24, 2.45) is 0 Å². The lowest BCUT2D eigenvalue weighted by Gasteiger charge is -2.26. The molecule has 4 aromatic carbocycles. The summed E-state index contributed by atoms with van der Waals surface area (Å²) in [7, 11) is 0. The quantitative estimate of drug-likeness (QED) is 0.352. The summed E-state index contributed by atoms with van der Waals surface area (Å²) in [6.07, 6.45) is 0. The van der Waals surface area contributed by atoms with E-state index < -0.39 is 0 Å². The van der Waals surface area contributed by atoms with Gasteiger partial charge < -0.3 is 4.90 Å². The van der Waals surface area contributed by atoms with Crippen molar-refractivity contribution in [3.63, 3.8) is 0 Å². The van der Waals surface area contributed by atoms with Gasteiger partial charge in [0.05, 0.1) is 0 Å². The van der Waals surface area contributed by atoms with Gasteiger partial charge in [0, 0.05) is 17.1 Å². The van der Waals surface area contributed by atoms with Gasteiger partial charge in [-0.1, -0.05) is 91.5 Å². The highest BCUT2D eigenvalue weighted by Crippen LogP contribution is 2.33. The van der Waals surface area contributed by atoms with Gasteiger partial charge in [-0.05, 0) is 53.4 Å². The molecule has 0 amide bonds. The summed E-state index contributed by atoms with van der Waals surface area (Å²) >= 11 is 0. The molecule has 28 heavy (non-hydrogen) atoms. The highest BCUT2D eigenvalue weighted by atomic mass is 15.1. The molecule has 4 aromatic rings. The van der Waals surface area contributed by atoms with E-state index in [1.807, 2.05) is 19.1 Å². The Morgan fingerprint density at radius 3 is 1.61 bits per heavy atom. The van der Waals surface area contributed by atoms with Crippen LogP contribution in [0.4, 0.5) is 11.4 Å². The standard InChI is InChI=1S/C27H23N/c1-21(2)28(26-18-16-24(17-19-26)22-10-5-3-6-11-22)27-15-9-14-25(20-27)23-12-7-4-8-13-23/h3-20H,1H2,2H3. The summed E-state index contributed by atoms with van der Waals surface area (Å²) in [5.74, 6) is 0. The number of anilines is 2. The van der Waals surface area contributed by atoms with Crippen molar-refractivity contribution in [2.45, 2.75) is 6.92 Å². The maximum absolute atomic E-state index is 4.22. The van der Waals surface area contributed by atoms with Crippen molar-refractivity contribution in [3.05, 3.63) is 121 Å². The molecule has 4 rings (SSSR count). The third kappa shape index (κ3) is 3.74. The van der Waals surface area contributed by atoms with Crippen LogP contribution >= 0.6 is 0 Å². The van der Waals surface area contributed by atoms with Gasteiger partial charge in [-0.15, -0.1) is 0 Å². The van der Waals surface area contributed by atoms with E-state index in [0.717, 1.165) is 17.1 Å². The molecule has 0 radical (unpaired) electrons. The first kappa shape index (κ1) is 17.8. The monoisotopic (exact) mass is 361 g/mol. The highest BCUT2D eigenvalue weighted by molar-refractivity contribution is 5.76. The van der Waals surface area contributed by atoms with Crippen molar-refractivity contribution in [1.29, 1.82) is 0 Å². The Kier molecular flexibility index (Phi) is 5.07. The zero-order chi connectivity index (χ0) is 19.3. The number of benzene rings is 4. The predicted molar refractivity (Wildman–Crippen MR) is 121 cm³/mol. The van der Waals surface area contributed by atoms with E-state index in [0.29, 0.717) is 0 Å². The van der Waals surface area contributed by atoms with Crippen molar-refractivity contribution in [3.8, 4) is 22.3 Å². The minimum Gasteiger partial charge on any atom is -0.315 e. The van der Waals surface area contributed by atoms with Crippen LogP contribution in [0, 0.1) is 0 Å². The molecule has 0 bridgehead atoms. The van der Waals surface area contributed by atoms with E-state index in [1.54, 1.807) is 0 Å². The molecule has 136 valence electrons. The molecular formula is C27H23N. The lowest BCUT2D eigenvalue weighted by Crippen LogP contribution is -2.13. The molecular weight excluding hydrogens is 338 g/mol. The van der Waals surface area contributed by atoms with E-state index in [-0.39, 0.29) is 0 Å². The van der Waals surface area contributed by atoms with Crippen LogP contribution in [0.1, 0.15) is 6.92 Å². The Balaban J connectivity index is 1.69. The van der Waals surface area contributed by atoms with Crippen LogP contribution in [-0.4, -0.2) is 0 Å². The summed E-state index contributed by atoms with van der Waals surface area (Å²) < 4.78 is 0. The Labute approximate surface area is 167 Å². The van der Waals surface area contributed by atoms with Crippen LogP contribution in [0.25, 0.3) is 22.3 Å². The number of nitrogens with zero attached hydrogens (tertiary/aromatic N) is 1. The van der Waals surface area contributed by atoms with E-state index in [1.165, 1.54) is 22.3 Å². The third-order valence-electron chi connectivity index (χ3n) is 4.83. The van der Waals surface area contributed by atoms with Gasteiger partial charge >= 0.3 is 0 Å². The Morgan fingerprint density at radius 1 is 0.536 bits per heavy atom. The highest BCUT2D eigenvalue weighted by Gasteiger charge is 2.11. The van der Waals surface area contributed by atoms with Crippen molar-refractivity contribution >= 4 is 11.4 Å². The van der Waals surface area contributed by atoms with Gasteiger partial charge in [-0.25, -0.2) is 0 Å². The van der Waals surface area contributed by atoms with Crippen molar-refractivity contribution < 1.29 is 0 Å². The van der Waals surface area contributed by atoms with Crippen LogP contribution in [0.15, 0.2) is 121 Å². The van der Waals surface area contributed by atoms with Crippen molar-refractivity contribution in [2.75, 3.05) is 4.90 Å². The Bertz CT molecular complexity index is 1060. The van der Waals surface area contributed by atoms with Crippen LogP contribution in [0.5, 0.6) is 0 Å². The van der Waals surface area contributed by atoms with Crippen molar-refractivity contribution in [1.82, 2.24) is 0 Å². The largest absolute Gasteiger partial charge is 0.315 e. The van der Waals surface area contributed by atoms with Gasteiger partial charge in [0.1, 0.15) is 0 Å². The fourth-order valence-corrected chi connectivity index (χ4v) is 3.48. The number of allylic oxidation sites excluding steroid dienone is 1. The SMILES string of the molecule is C=C(C)N(c1ccc(-c2ccccc2)cc1)c1cccc(-c2ccccc2)c1. The maximum Gasteiger partial charge on any atom is 0.0464 e. The van der Waals surface area contributed by atoms with Gasteiger partial charge in [-0.2, -0.15) is 0 Å². The minimum atomic E-state index is 0.984. The second kappa shape index (κ2) is 7.98. The van der Waals surface area contributed by atoms with E-state index >= 15 is 0 Å². The first-order valence-electron chi connectivity index (χ1n) is 9.49. The molecule has 0 heterocycles. The zero-order valence-electron chi connectivity index (χ0n) is 16.0. The van der Waals surface area contributed by atoms with Crippen LogP contribution < -0.4 is 4.90 Å². The molecule has 0 unspecified atom stereocenters. The predicted octanol–water partition coefficient (Wildman–Crippen LogP) is 7.69. The molecule has 0 fully saturated rings. The summed E-state index contributed by atoms with van der Waals surface area (Å²) in [5, 5.41) is 0. The molecule has 0 saturated carbocycles. The first-order chi connectivity index (χ1) is 13.7.